The van der Waals surface area contributed by atoms with Crippen LogP contribution in [0, 0.1) is 6.42 Å². The van der Waals surface area contributed by atoms with Crippen LogP contribution in [-0.4, -0.2) is 11.7 Å². The molecule has 0 amide bonds. The molecule has 0 aromatic rings. The van der Waals surface area contributed by atoms with Gasteiger partial charge in [-0.2, -0.15) is 0 Å². The molecule has 0 radical (unpaired) electrons. The second-order valence-corrected chi connectivity index (χ2v) is 0.654. The number of aliphatic hydroxyl groups excluding tert-OH is 1. The molecule has 0 aromatic carbocycles. The van der Waals surface area contributed by atoms with Crippen molar-refractivity contribution in [2.24, 2.45) is 0 Å². The summed E-state index contributed by atoms with van der Waals surface area (Å²) in [6, 6.07) is 0. The molecule has 30 valence electrons. The first kappa shape index (κ1) is 4.57. The van der Waals surface area contributed by atoms with E-state index in [0.29, 0.717) is 0 Å². The molecule has 0 atom stereocenters. The molecular formula is C4H7O-. The Morgan fingerprint density at radius 3 is 2.60 bits per heavy atom. The van der Waals surface area contributed by atoms with E-state index in [4.69, 9.17) is 5.11 Å². The Morgan fingerprint density at radius 2 is 2.60 bits per heavy atom. The van der Waals surface area contributed by atoms with Crippen LogP contribution in [0.2, 0.25) is 0 Å². The number of hydrogen-bond acceptors (Lipinski definition) is 1. The smallest absolute Gasteiger partial charge is 0.00308 e. The van der Waals surface area contributed by atoms with Gasteiger partial charge < -0.3 is 5.11 Å². The standard InChI is InChI=1S/C4H7O/c1-2-3-4-5/h2-3,5H,1,4H2/q-1. The third-order valence-corrected chi connectivity index (χ3v) is 0.272. The minimum atomic E-state index is 0.101. The summed E-state index contributed by atoms with van der Waals surface area (Å²) in [5, 5.41) is 7.94. The highest BCUT2D eigenvalue weighted by atomic mass is 16.2. The van der Waals surface area contributed by atoms with Gasteiger partial charge in [0.05, 0.1) is 0 Å². The lowest BCUT2D eigenvalue weighted by molar-refractivity contribution is 0.332. The molecule has 5 heavy (non-hydrogen) atoms. The second kappa shape index (κ2) is 3.57. The van der Waals surface area contributed by atoms with E-state index >= 15 is 0 Å². The largest absolute Gasteiger partial charge is 0.410 e. The number of aliphatic hydroxyl groups is 1. The van der Waals surface area contributed by atoms with Gasteiger partial charge in [-0.15, -0.1) is 0 Å². The molecule has 0 rings (SSSR count). The van der Waals surface area contributed by atoms with Crippen molar-refractivity contribution < 1.29 is 5.11 Å². The van der Waals surface area contributed by atoms with Crippen molar-refractivity contribution in [1.82, 2.24) is 0 Å². The van der Waals surface area contributed by atoms with Crippen molar-refractivity contribution in [2.75, 3.05) is 6.61 Å². The van der Waals surface area contributed by atoms with E-state index < -0.39 is 0 Å². The van der Waals surface area contributed by atoms with Gasteiger partial charge in [0, 0.05) is 0 Å². The van der Waals surface area contributed by atoms with Gasteiger partial charge in [0.25, 0.3) is 0 Å². The third-order valence-electron chi connectivity index (χ3n) is 0.272. The Kier molecular flexibility index (Phi) is 3.26. The summed E-state index contributed by atoms with van der Waals surface area (Å²) in [5.74, 6) is 0. The molecule has 0 aliphatic carbocycles. The first-order valence-corrected chi connectivity index (χ1v) is 1.47. The molecule has 0 saturated heterocycles. The molecule has 1 N–H and O–H groups in total. The molecule has 0 fully saturated rings. The summed E-state index contributed by atoms with van der Waals surface area (Å²) in [7, 11) is 0. The van der Waals surface area contributed by atoms with Crippen molar-refractivity contribution in [1.29, 1.82) is 0 Å². The minimum absolute atomic E-state index is 0.101. The zero-order valence-electron chi connectivity index (χ0n) is 3.02. The van der Waals surface area contributed by atoms with E-state index in [1.165, 1.54) is 0 Å². The van der Waals surface area contributed by atoms with Gasteiger partial charge in [-0.1, -0.05) is 0 Å². The van der Waals surface area contributed by atoms with Crippen LogP contribution in [0.1, 0.15) is 0 Å². The molecule has 0 bridgehead atoms. The van der Waals surface area contributed by atoms with Crippen molar-refractivity contribution in [3.05, 3.63) is 19.1 Å². The van der Waals surface area contributed by atoms with Crippen LogP contribution in [0.15, 0.2) is 12.7 Å². The quantitative estimate of drug-likeness (QED) is 0.466. The first-order valence-electron chi connectivity index (χ1n) is 1.47. The Balaban J connectivity index is 2.40. The van der Waals surface area contributed by atoms with Crippen LogP contribution >= 0.6 is 0 Å². The van der Waals surface area contributed by atoms with E-state index in [2.05, 4.69) is 6.58 Å². The van der Waals surface area contributed by atoms with Crippen molar-refractivity contribution >= 4 is 0 Å². The Bertz CT molecular complexity index is 24.8. The predicted molar refractivity (Wildman–Crippen MR) is 21.6 cm³/mol. The summed E-state index contributed by atoms with van der Waals surface area (Å²) in [6.45, 7) is 3.44. The summed E-state index contributed by atoms with van der Waals surface area (Å²) in [5.41, 5.74) is 0. The Labute approximate surface area is 31.9 Å². The first-order chi connectivity index (χ1) is 2.41. The van der Waals surface area contributed by atoms with Gasteiger partial charge in [0.2, 0.25) is 0 Å². The van der Waals surface area contributed by atoms with E-state index in [0.717, 1.165) is 0 Å². The lowest BCUT2D eigenvalue weighted by Crippen LogP contribution is -1.73. The third kappa shape index (κ3) is 3.57. The molecule has 0 aromatic heterocycles. The van der Waals surface area contributed by atoms with Crippen LogP contribution in [-0.2, 0) is 0 Å². The molecule has 1 nitrogen and oxygen atoms in total. The zero-order valence-corrected chi connectivity index (χ0v) is 3.02. The Hall–Kier alpha value is -0.430. The highest BCUT2D eigenvalue weighted by Gasteiger charge is 1.50. The van der Waals surface area contributed by atoms with Crippen LogP contribution in [0.5, 0.6) is 0 Å². The minimum Gasteiger partial charge on any atom is -0.410 e. The van der Waals surface area contributed by atoms with Gasteiger partial charge in [-0.05, 0) is 6.61 Å². The van der Waals surface area contributed by atoms with Crippen LogP contribution < -0.4 is 0 Å². The molecule has 0 aliphatic heterocycles. The summed E-state index contributed by atoms with van der Waals surface area (Å²) < 4.78 is 0. The average molecular weight is 71.1 g/mol. The van der Waals surface area contributed by atoms with Crippen LogP contribution in [0.25, 0.3) is 0 Å². The second-order valence-electron chi connectivity index (χ2n) is 0.654. The fourth-order valence-corrected chi connectivity index (χ4v) is 0.0745. The normalized spacial score (nSPS) is 6.60. The van der Waals surface area contributed by atoms with Crippen molar-refractivity contribution in [2.45, 2.75) is 0 Å². The molecule has 0 spiro atoms. The summed E-state index contributed by atoms with van der Waals surface area (Å²) in [4.78, 5) is 0. The number of hydrogen-bond donors (Lipinski definition) is 1. The number of rotatable bonds is 2. The lowest BCUT2D eigenvalue weighted by Gasteiger charge is -1.85. The molecule has 0 unspecified atom stereocenters. The molecule has 0 saturated carbocycles. The maximum absolute atomic E-state index is 7.94. The Morgan fingerprint density at radius 1 is 2.00 bits per heavy atom. The van der Waals surface area contributed by atoms with Gasteiger partial charge in [-0.25, -0.2) is 19.1 Å². The molecule has 0 heterocycles. The highest BCUT2D eigenvalue weighted by molar-refractivity contribution is 4.84. The summed E-state index contributed by atoms with van der Waals surface area (Å²) >= 11 is 0. The van der Waals surface area contributed by atoms with Gasteiger partial charge in [-0.3, -0.25) is 0 Å². The van der Waals surface area contributed by atoms with Crippen molar-refractivity contribution in [3.63, 3.8) is 0 Å². The monoisotopic (exact) mass is 71.1 g/mol. The predicted octanol–water partition coefficient (Wildman–Crippen LogP) is 0.369. The molecular weight excluding hydrogens is 64.0 g/mol. The fourth-order valence-electron chi connectivity index (χ4n) is 0.0745. The topological polar surface area (TPSA) is 20.2 Å². The van der Waals surface area contributed by atoms with E-state index in [1.807, 2.05) is 0 Å². The zero-order chi connectivity index (χ0) is 4.12. The lowest BCUT2D eigenvalue weighted by atomic mass is 10.5. The van der Waals surface area contributed by atoms with Crippen LogP contribution in [0.3, 0.4) is 0 Å². The molecule has 1 heteroatoms. The highest BCUT2D eigenvalue weighted by Crippen LogP contribution is 1.67. The summed E-state index contributed by atoms with van der Waals surface area (Å²) in [6.07, 6.45) is 3.12. The maximum Gasteiger partial charge on any atom is -0.00308 e. The van der Waals surface area contributed by atoms with Crippen LogP contribution in [0.4, 0.5) is 0 Å². The molecule has 0 aliphatic rings. The fraction of sp³-hybridized carbons (Fsp3) is 0.250. The van der Waals surface area contributed by atoms with Gasteiger partial charge in [0.1, 0.15) is 0 Å². The van der Waals surface area contributed by atoms with E-state index in [9.17, 15) is 0 Å². The van der Waals surface area contributed by atoms with Gasteiger partial charge >= 0.3 is 0 Å². The average Bonchev–Trinajstić information content (AvgIpc) is 1.41. The maximum atomic E-state index is 7.94. The van der Waals surface area contributed by atoms with Crippen molar-refractivity contribution in [3.8, 4) is 0 Å². The van der Waals surface area contributed by atoms with E-state index in [-0.39, 0.29) is 6.61 Å². The van der Waals surface area contributed by atoms with Gasteiger partial charge in [0.15, 0.2) is 0 Å². The van der Waals surface area contributed by atoms with E-state index in [1.54, 1.807) is 12.5 Å². The SMILES string of the molecule is C=C[CH-]CO.